The number of aldehydes is 1. The van der Waals surface area contributed by atoms with Crippen molar-refractivity contribution in [1.29, 1.82) is 0 Å². The molecule has 41 heavy (non-hydrogen) atoms. The average Bonchev–Trinajstić information content (AvgIpc) is 3.58. The van der Waals surface area contributed by atoms with E-state index in [2.05, 4.69) is 46.5 Å². The summed E-state index contributed by atoms with van der Waals surface area (Å²) in [6.45, 7) is 5.74. The maximum Gasteiger partial charge on any atom is 0.254 e. The zero-order valence-electron chi connectivity index (χ0n) is 24.0. The highest BCUT2D eigenvalue weighted by molar-refractivity contribution is 5.99. The number of aromatic nitrogens is 3. The molecule has 4 aromatic rings. The van der Waals surface area contributed by atoms with Gasteiger partial charge in [-0.05, 0) is 72.4 Å². The summed E-state index contributed by atoms with van der Waals surface area (Å²) in [5.74, 6) is -0.434. The first-order chi connectivity index (χ1) is 19.8. The first kappa shape index (κ1) is 27.0. The highest BCUT2D eigenvalue weighted by Gasteiger charge is 2.30. The van der Waals surface area contributed by atoms with E-state index in [0.29, 0.717) is 31.5 Å². The molecule has 3 N–H and O–H groups in total. The fourth-order valence-corrected chi connectivity index (χ4v) is 6.46. The van der Waals surface area contributed by atoms with Crippen molar-refractivity contribution >= 4 is 29.0 Å². The minimum Gasteiger partial charge on any atom is -0.359 e. The second-order valence-corrected chi connectivity index (χ2v) is 12.3. The number of amides is 2. The van der Waals surface area contributed by atoms with Crippen molar-refractivity contribution in [2.24, 2.45) is 5.41 Å². The number of carbonyl (C=O) groups is 3. The van der Waals surface area contributed by atoms with E-state index in [-0.39, 0.29) is 23.1 Å². The standard InChI is InChI=1S/C33H37N5O3/c1-33(2)12-10-26-29(18-33)36-37-30(26)28-16-22-7-8-23(17-27(22)35-28)32(41)38-13-11-20-15-21(6-9-24(20)19-38)25(5-4-14-39)31(40)34-3/h6-9,14-17,25,35H,4-5,10-13,18-19H2,1-3H3,(H,34,40)(H,36,37). The smallest absolute Gasteiger partial charge is 0.254 e. The quantitative estimate of drug-likeness (QED) is 0.278. The van der Waals surface area contributed by atoms with Gasteiger partial charge in [0.2, 0.25) is 5.91 Å². The van der Waals surface area contributed by atoms with E-state index in [9.17, 15) is 14.4 Å². The third kappa shape index (κ3) is 5.19. The Bertz CT molecular complexity index is 1650. The van der Waals surface area contributed by atoms with Gasteiger partial charge in [-0.25, -0.2) is 0 Å². The number of nitrogens with one attached hydrogen (secondary N) is 3. The largest absolute Gasteiger partial charge is 0.359 e. The Hall–Kier alpha value is -4.20. The lowest BCUT2D eigenvalue weighted by molar-refractivity contribution is -0.122. The molecule has 0 bridgehead atoms. The monoisotopic (exact) mass is 551 g/mol. The number of hydrogen-bond acceptors (Lipinski definition) is 4. The number of nitrogens with zero attached hydrogens (tertiary/aromatic N) is 2. The van der Waals surface area contributed by atoms with Crippen molar-refractivity contribution in [3.05, 3.63) is 76.0 Å². The molecule has 6 rings (SSSR count). The van der Waals surface area contributed by atoms with Crippen molar-refractivity contribution in [3.8, 4) is 11.4 Å². The number of fused-ring (bicyclic) bond motifs is 3. The van der Waals surface area contributed by atoms with Crippen LogP contribution in [-0.4, -0.2) is 51.8 Å². The molecule has 0 fully saturated rings. The molecular weight excluding hydrogens is 514 g/mol. The molecule has 1 atom stereocenters. The molecular formula is C33H37N5O3. The Kier molecular flexibility index (Phi) is 7.01. The molecule has 0 saturated heterocycles. The Morgan fingerprint density at radius 2 is 1.98 bits per heavy atom. The highest BCUT2D eigenvalue weighted by atomic mass is 16.2. The molecule has 2 aliphatic rings. The summed E-state index contributed by atoms with van der Waals surface area (Å²) in [4.78, 5) is 42.4. The van der Waals surface area contributed by atoms with Crippen LogP contribution < -0.4 is 5.32 Å². The van der Waals surface area contributed by atoms with E-state index in [4.69, 9.17) is 0 Å². The normalized spacial score (nSPS) is 16.6. The van der Waals surface area contributed by atoms with Crippen LogP contribution in [0, 0.1) is 5.41 Å². The lowest BCUT2D eigenvalue weighted by Gasteiger charge is -2.30. The lowest BCUT2D eigenvalue weighted by Crippen LogP contribution is -2.36. The molecule has 1 unspecified atom stereocenters. The zero-order chi connectivity index (χ0) is 28.7. The Morgan fingerprint density at radius 1 is 1.12 bits per heavy atom. The first-order valence-electron chi connectivity index (χ1n) is 14.5. The van der Waals surface area contributed by atoms with Crippen molar-refractivity contribution < 1.29 is 14.4 Å². The predicted molar refractivity (Wildman–Crippen MR) is 159 cm³/mol. The number of carbonyl (C=O) groups excluding carboxylic acids is 3. The molecule has 8 nitrogen and oxygen atoms in total. The van der Waals surface area contributed by atoms with Gasteiger partial charge in [0, 0.05) is 54.3 Å². The topological polar surface area (TPSA) is 111 Å². The maximum atomic E-state index is 13.6. The SMILES string of the molecule is CNC(=O)C(CCC=O)c1ccc2c(c1)CCN(C(=O)c1ccc3cc(-c4n[nH]c5c4CCC(C)(C)C5)[nH]c3c1)C2. The summed E-state index contributed by atoms with van der Waals surface area (Å²) < 4.78 is 0. The second kappa shape index (κ2) is 10.7. The van der Waals surface area contributed by atoms with E-state index >= 15 is 0 Å². The fraction of sp³-hybridized carbons (Fsp3) is 0.394. The zero-order valence-corrected chi connectivity index (χ0v) is 24.0. The van der Waals surface area contributed by atoms with Crippen LogP contribution in [0.15, 0.2) is 42.5 Å². The van der Waals surface area contributed by atoms with Gasteiger partial charge in [0.15, 0.2) is 0 Å². The van der Waals surface area contributed by atoms with Gasteiger partial charge in [0.25, 0.3) is 5.91 Å². The predicted octanol–water partition coefficient (Wildman–Crippen LogP) is 5.08. The van der Waals surface area contributed by atoms with Crippen LogP contribution >= 0.6 is 0 Å². The van der Waals surface area contributed by atoms with Crippen molar-refractivity contribution in [2.75, 3.05) is 13.6 Å². The Balaban J connectivity index is 1.20. The van der Waals surface area contributed by atoms with E-state index < -0.39 is 0 Å². The number of aromatic amines is 2. The molecule has 2 aromatic carbocycles. The summed E-state index contributed by atoms with van der Waals surface area (Å²) in [7, 11) is 1.62. The van der Waals surface area contributed by atoms with Crippen LogP contribution in [0.4, 0.5) is 0 Å². The summed E-state index contributed by atoms with van der Waals surface area (Å²) in [5, 5.41) is 11.7. The highest BCUT2D eigenvalue weighted by Crippen LogP contribution is 2.38. The summed E-state index contributed by atoms with van der Waals surface area (Å²) in [5.41, 5.74) is 9.52. The van der Waals surface area contributed by atoms with Gasteiger partial charge in [-0.3, -0.25) is 14.7 Å². The number of likely N-dealkylation sites (N-methyl/N-ethyl adjacent to an activating group) is 1. The Morgan fingerprint density at radius 3 is 2.78 bits per heavy atom. The molecule has 3 heterocycles. The van der Waals surface area contributed by atoms with Gasteiger partial charge in [-0.1, -0.05) is 38.1 Å². The van der Waals surface area contributed by atoms with Crippen LogP contribution in [0.25, 0.3) is 22.3 Å². The molecule has 1 aliphatic heterocycles. The van der Waals surface area contributed by atoms with E-state index in [1.807, 2.05) is 35.2 Å². The molecule has 1 aliphatic carbocycles. The summed E-state index contributed by atoms with van der Waals surface area (Å²) in [6.07, 6.45) is 5.55. The van der Waals surface area contributed by atoms with Gasteiger partial charge in [0.1, 0.15) is 12.0 Å². The van der Waals surface area contributed by atoms with E-state index in [0.717, 1.165) is 71.0 Å². The van der Waals surface area contributed by atoms with Gasteiger partial charge >= 0.3 is 0 Å². The fourth-order valence-electron chi connectivity index (χ4n) is 6.46. The van der Waals surface area contributed by atoms with Crippen molar-refractivity contribution in [2.45, 2.75) is 64.8 Å². The van der Waals surface area contributed by atoms with Gasteiger partial charge < -0.3 is 20.0 Å². The minimum absolute atomic E-state index is 0.00590. The van der Waals surface area contributed by atoms with Crippen LogP contribution in [0.1, 0.15) is 77.3 Å². The molecule has 8 heteroatoms. The van der Waals surface area contributed by atoms with Crippen LogP contribution in [0.5, 0.6) is 0 Å². The summed E-state index contributed by atoms with van der Waals surface area (Å²) in [6, 6.07) is 14.0. The molecule has 0 spiro atoms. The van der Waals surface area contributed by atoms with Gasteiger partial charge in [-0.15, -0.1) is 0 Å². The van der Waals surface area contributed by atoms with Crippen LogP contribution in [0.2, 0.25) is 0 Å². The molecule has 2 amide bonds. The minimum atomic E-state index is -0.355. The Labute approximate surface area is 239 Å². The third-order valence-electron chi connectivity index (χ3n) is 8.85. The van der Waals surface area contributed by atoms with Gasteiger partial charge in [0.05, 0.1) is 11.6 Å². The molecule has 0 saturated carbocycles. The number of benzene rings is 2. The second-order valence-electron chi connectivity index (χ2n) is 12.3. The molecule has 2 aromatic heterocycles. The van der Waals surface area contributed by atoms with E-state index in [1.165, 1.54) is 11.3 Å². The maximum absolute atomic E-state index is 13.6. The van der Waals surface area contributed by atoms with E-state index in [1.54, 1.807) is 7.05 Å². The van der Waals surface area contributed by atoms with Crippen molar-refractivity contribution in [3.63, 3.8) is 0 Å². The van der Waals surface area contributed by atoms with Crippen LogP contribution in [-0.2, 0) is 35.4 Å². The number of H-pyrrole nitrogens is 2. The lowest BCUT2D eigenvalue weighted by atomic mass is 9.76. The number of rotatable bonds is 7. The average molecular weight is 552 g/mol. The van der Waals surface area contributed by atoms with Crippen LogP contribution in [0.3, 0.4) is 0 Å². The number of hydrogen-bond donors (Lipinski definition) is 3. The first-order valence-corrected chi connectivity index (χ1v) is 14.5. The third-order valence-corrected chi connectivity index (χ3v) is 8.85. The molecule has 212 valence electrons. The molecule has 0 radical (unpaired) electrons. The van der Waals surface area contributed by atoms with Crippen molar-refractivity contribution in [1.82, 2.24) is 25.4 Å². The van der Waals surface area contributed by atoms with Gasteiger partial charge in [-0.2, -0.15) is 5.10 Å². The summed E-state index contributed by atoms with van der Waals surface area (Å²) >= 11 is 0.